The van der Waals surface area contributed by atoms with Gasteiger partial charge >= 0.3 is 0 Å². The van der Waals surface area contributed by atoms with Crippen LogP contribution in [0.4, 0.5) is 0 Å². The van der Waals surface area contributed by atoms with Crippen LogP contribution >= 0.6 is 0 Å². The molecule has 14 heavy (non-hydrogen) atoms. The fourth-order valence-corrected chi connectivity index (χ4v) is 1.32. The van der Waals surface area contributed by atoms with E-state index in [9.17, 15) is 8.42 Å². The third-order valence-corrected chi connectivity index (χ3v) is 2.41. The molecule has 0 fully saturated rings. The number of benzene rings is 1. The molecule has 0 aliphatic rings. The van der Waals surface area contributed by atoms with Gasteiger partial charge in [0, 0.05) is 0 Å². The average Bonchev–Trinajstić information content (AvgIpc) is 2.20. The van der Waals surface area contributed by atoms with Gasteiger partial charge in [0.25, 0.3) is 10.0 Å². The van der Waals surface area contributed by atoms with Gasteiger partial charge in [-0.05, 0) is 26.2 Å². The molecule has 1 aromatic rings. The van der Waals surface area contributed by atoms with E-state index >= 15 is 0 Å². The van der Waals surface area contributed by atoms with Gasteiger partial charge in [-0.1, -0.05) is 18.2 Å². The molecule has 0 atom stereocenters. The Hall–Kier alpha value is -0.950. The van der Waals surface area contributed by atoms with Crippen molar-refractivity contribution >= 4 is 10.0 Å². The van der Waals surface area contributed by atoms with Crippen molar-refractivity contribution in [2.45, 2.75) is 4.90 Å². The summed E-state index contributed by atoms with van der Waals surface area (Å²) < 4.78 is 21.9. The number of sulfonamides is 1. The van der Waals surface area contributed by atoms with E-state index in [1.165, 1.54) is 12.1 Å². The second-order valence-corrected chi connectivity index (χ2v) is 4.15. The Balaban J connectivity index is 0.000000500. The van der Waals surface area contributed by atoms with Gasteiger partial charge in [-0.25, -0.2) is 8.42 Å². The zero-order valence-corrected chi connectivity index (χ0v) is 9.01. The zero-order chi connectivity index (χ0) is 11.0. The molecule has 6 heteroatoms. The molecule has 0 spiro atoms. The third kappa shape index (κ3) is 4.33. The van der Waals surface area contributed by atoms with E-state index in [1.807, 2.05) is 14.1 Å². The van der Waals surface area contributed by atoms with Crippen molar-refractivity contribution in [3.63, 3.8) is 0 Å². The molecule has 0 aliphatic carbocycles. The Bertz CT molecular complexity index is 337. The van der Waals surface area contributed by atoms with E-state index in [2.05, 4.69) is 5.32 Å². The molecule has 0 heterocycles. The smallest absolute Gasteiger partial charge is 0.253 e. The van der Waals surface area contributed by atoms with Crippen LogP contribution in [0, 0.1) is 0 Å². The second kappa shape index (κ2) is 6.50. The molecule has 0 saturated heterocycles. The number of nitrogens with two attached hydrogens (primary N) is 1. The number of rotatable bonds is 2. The van der Waals surface area contributed by atoms with Gasteiger partial charge in [-0.2, -0.15) is 4.83 Å². The van der Waals surface area contributed by atoms with E-state index in [0.717, 1.165) is 0 Å². The highest BCUT2D eigenvalue weighted by Gasteiger charge is 2.08. The van der Waals surface area contributed by atoms with Gasteiger partial charge in [0.05, 0.1) is 4.90 Å². The molecule has 80 valence electrons. The first kappa shape index (κ1) is 13.1. The van der Waals surface area contributed by atoms with E-state index in [4.69, 9.17) is 5.84 Å². The molecule has 0 aliphatic heterocycles. The van der Waals surface area contributed by atoms with Crippen molar-refractivity contribution in [2.24, 2.45) is 5.84 Å². The first-order chi connectivity index (χ1) is 6.58. The van der Waals surface area contributed by atoms with Crippen LogP contribution in [-0.2, 0) is 10.0 Å². The lowest BCUT2D eigenvalue weighted by Gasteiger charge is -1.99. The van der Waals surface area contributed by atoms with Crippen LogP contribution < -0.4 is 16.0 Å². The molecular formula is C8H15N3O2S. The predicted molar refractivity (Wildman–Crippen MR) is 55.9 cm³/mol. The zero-order valence-electron chi connectivity index (χ0n) is 8.19. The minimum absolute atomic E-state index is 0.169. The minimum Gasteiger partial charge on any atom is -0.323 e. The molecular weight excluding hydrogens is 202 g/mol. The maximum atomic E-state index is 11.0. The molecule has 0 unspecified atom stereocenters. The number of hydrogen-bond donors (Lipinski definition) is 3. The van der Waals surface area contributed by atoms with Gasteiger partial charge in [-0.15, -0.1) is 0 Å². The van der Waals surface area contributed by atoms with Crippen LogP contribution in [-0.4, -0.2) is 22.5 Å². The van der Waals surface area contributed by atoms with Crippen LogP contribution in [0.5, 0.6) is 0 Å². The standard InChI is InChI=1S/C6H8N2O2S.C2H7N/c7-8-11(9,10)6-4-2-1-3-5-6;1-3-2/h1-5,8H,7H2;3H,1-2H3. The number of hydrazine groups is 1. The molecule has 0 radical (unpaired) electrons. The highest BCUT2D eigenvalue weighted by molar-refractivity contribution is 7.89. The summed E-state index contributed by atoms with van der Waals surface area (Å²) >= 11 is 0. The Kier molecular flexibility index (Phi) is 6.06. The molecule has 0 amide bonds. The number of nitrogens with one attached hydrogen (secondary N) is 2. The van der Waals surface area contributed by atoms with Crippen LogP contribution in [0.15, 0.2) is 35.2 Å². The van der Waals surface area contributed by atoms with Crippen molar-refractivity contribution in [1.29, 1.82) is 0 Å². The van der Waals surface area contributed by atoms with Crippen molar-refractivity contribution in [2.75, 3.05) is 14.1 Å². The maximum Gasteiger partial charge on any atom is 0.253 e. The highest BCUT2D eigenvalue weighted by Crippen LogP contribution is 2.04. The first-order valence-corrected chi connectivity index (χ1v) is 5.42. The van der Waals surface area contributed by atoms with Gasteiger partial charge in [0.15, 0.2) is 0 Å². The summed E-state index contributed by atoms with van der Waals surface area (Å²) in [6, 6.07) is 7.92. The summed E-state index contributed by atoms with van der Waals surface area (Å²) in [4.78, 5) is 1.90. The fraction of sp³-hybridized carbons (Fsp3) is 0.250. The SMILES string of the molecule is CNC.NNS(=O)(=O)c1ccccc1. The van der Waals surface area contributed by atoms with Crippen LogP contribution in [0.1, 0.15) is 0 Å². The van der Waals surface area contributed by atoms with Crippen LogP contribution in [0.25, 0.3) is 0 Å². The van der Waals surface area contributed by atoms with E-state index in [1.54, 1.807) is 23.0 Å². The Morgan fingerprint density at radius 1 is 1.14 bits per heavy atom. The summed E-state index contributed by atoms with van der Waals surface area (Å²) in [5.74, 6) is 4.80. The summed E-state index contributed by atoms with van der Waals surface area (Å²) in [6.07, 6.45) is 0. The largest absolute Gasteiger partial charge is 0.323 e. The summed E-state index contributed by atoms with van der Waals surface area (Å²) in [6.45, 7) is 0. The molecule has 0 bridgehead atoms. The predicted octanol–water partition coefficient (Wildman–Crippen LogP) is -0.326. The monoisotopic (exact) mass is 217 g/mol. The lowest BCUT2D eigenvalue weighted by atomic mass is 10.4. The van der Waals surface area contributed by atoms with Crippen LogP contribution in [0.3, 0.4) is 0 Å². The first-order valence-electron chi connectivity index (χ1n) is 3.94. The Morgan fingerprint density at radius 3 is 1.93 bits per heavy atom. The topological polar surface area (TPSA) is 84.2 Å². The molecule has 1 rings (SSSR count). The third-order valence-electron chi connectivity index (χ3n) is 1.21. The van der Waals surface area contributed by atoms with Crippen molar-refractivity contribution in [1.82, 2.24) is 10.1 Å². The summed E-state index contributed by atoms with van der Waals surface area (Å²) in [5.41, 5.74) is 0. The second-order valence-electron chi connectivity index (χ2n) is 2.43. The highest BCUT2D eigenvalue weighted by atomic mass is 32.2. The Labute approximate surface area is 84.3 Å². The molecule has 5 nitrogen and oxygen atoms in total. The Morgan fingerprint density at radius 2 is 1.57 bits per heavy atom. The quantitative estimate of drug-likeness (QED) is 0.468. The van der Waals surface area contributed by atoms with Crippen molar-refractivity contribution < 1.29 is 8.42 Å². The van der Waals surface area contributed by atoms with E-state index < -0.39 is 10.0 Å². The van der Waals surface area contributed by atoms with Gasteiger partial charge < -0.3 is 5.32 Å². The van der Waals surface area contributed by atoms with Crippen LogP contribution in [0.2, 0.25) is 0 Å². The van der Waals surface area contributed by atoms with E-state index in [-0.39, 0.29) is 4.90 Å². The summed E-state index contributed by atoms with van der Waals surface area (Å²) in [5, 5.41) is 2.75. The van der Waals surface area contributed by atoms with Gasteiger partial charge in [-0.3, -0.25) is 5.84 Å². The van der Waals surface area contributed by atoms with E-state index in [0.29, 0.717) is 0 Å². The fourth-order valence-electron chi connectivity index (χ4n) is 0.668. The van der Waals surface area contributed by atoms with Crippen molar-refractivity contribution in [3.05, 3.63) is 30.3 Å². The lowest BCUT2D eigenvalue weighted by Crippen LogP contribution is -2.30. The molecule has 1 aromatic carbocycles. The molecule has 4 N–H and O–H groups in total. The number of hydrogen-bond acceptors (Lipinski definition) is 4. The molecule has 0 saturated carbocycles. The minimum atomic E-state index is -3.47. The average molecular weight is 217 g/mol. The maximum absolute atomic E-state index is 11.0. The van der Waals surface area contributed by atoms with Gasteiger partial charge in [0.2, 0.25) is 0 Å². The van der Waals surface area contributed by atoms with Crippen molar-refractivity contribution in [3.8, 4) is 0 Å². The lowest BCUT2D eigenvalue weighted by molar-refractivity contribution is 0.584. The molecule has 0 aromatic heterocycles. The summed E-state index contributed by atoms with van der Waals surface area (Å²) in [7, 11) is 0.280. The normalized spacial score (nSPS) is 10.2. The van der Waals surface area contributed by atoms with Gasteiger partial charge in [0.1, 0.15) is 0 Å².